The van der Waals surface area contributed by atoms with Crippen LogP contribution < -0.4 is 16.7 Å². The number of hydrogen-bond donors (Lipinski definition) is 3. The molecule has 7 nitrogen and oxygen atoms in total. The summed E-state index contributed by atoms with van der Waals surface area (Å²) in [5.74, 6) is 0.687. The predicted octanol–water partition coefficient (Wildman–Crippen LogP) is -0.433. The van der Waals surface area contributed by atoms with E-state index in [0.717, 1.165) is 6.42 Å². The average molecular weight is 222 g/mol. The van der Waals surface area contributed by atoms with Crippen LogP contribution in [0.3, 0.4) is 0 Å². The van der Waals surface area contributed by atoms with Gasteiger partial charge in [-0.05, 0) is 19.9 Å². The van der Waals surface area contributed by atoms with Crippen LogP contribution in [0.25, 0.3) is 5.65 Å². The first kappa shape index (κ1) is 10.6. The van der Waals surface area contributed by atoms with E-state index in [1.165, 1.54) is 10.7 Å². The molecule has 0 aliphatic carbocycles. The fraction of sp³-hybridized carbons (Fsp3) is 0.444. The Labute approximate surface area is 91.7 Å². The van der Waals surface area contributed by atoms with Gasteiger partial charge in [0.2, 0.25) is 0 Å². The van der Waals surface area contributed by atoms with Crippen molar-refractivity contribution < 1.29 is 0 Å². The molecule has 16 heavy (non-hydrogen) atoms. The Morgan fingerprint density at radius 2 is 2.50 bits per heavy atom. The summed E-state index contributed by atoms with van der Waals surface area (Å²) >= 11 is 0. The van der Waals surface area contributed by atoms with Crippen molar-refractivity contribution in [1.29, 1.82) is 0 Å². The number of nitrogens with one attached hydrogen (secondary N) is 2. The van der Waals surface area contributed by atoms with Crippen molar-refractivity contribution in [2.45, 2.75) is 19.4 Å². The van der Waals surface area contributed by atoms with Crippen LogP contribution >= 0.6 is 0 Å². The Balaban J connectivity index is 2.23. The Morgan fingerprint density at radius 1 is 1.69 bits per heavy atom. The van der Waals surface area contributed by atoms with Gasteiger partial charge >= 0.3 is 5.69 Å². The second-order valence-corrected chi connectivity index (χ2v) is 3.65. The van der Waals surface area contributed by atoms with Gasteiger partial charge in [-0.3, -0.25) is 0 Å². The molecule has 4 N–H and O–H groups in total. The highest BCUT2D eigenvalue weighted by Crippen LogP contribution is 2.06. The predicted molar refractivity (Wildman–Crippen MR) is 60.4 cm³/mol. The summed E-state index contributed by atoms with van der Waals surface area (Å²) in [4.78, 5) is 15.3. The van der Waals surface area contributed by atoms with Crippen LogP contribution in [-0.2, 0) is 0 Å². The molecule has 1 unspecified atom stereocenters. The monoisotopic (exact) mass is 222 g/mol. The maximum Gasteiger partial charge on any atom is 0.348 e. The molecule has 0 aromatic carbocycles. The third-order valence-corrected chi connectivity index (χ3v) is 2.30. The molecule has 0 fully saturated rings. The number of H-pyrrole nitrogens is 1. The van der Waals surface area contributed by atoms with Crippen molar-refractivity contribution in [2.75, 3.05) is 11.9 Å². The topological polar surface area (TPSA) is 101 Å². The Kier molecular flexibility index (Phi) is 2.86. The number of anilines is 1. The first-order chi connectivity index (χ1) is 7.70. The van der Waals surface area contributed by atoms with Crippen LogP contribution in [0.1, 0.15) is 13.3 Å². The van der Waals surface area contributed by atoms with E-state index in [1.807, 2.05) is 6.92 Å². The molecule has 0 amide bonds. The van der Waals surface area contributed by atoms with Crippen molar-refractivity contribution in [3.05, 3.63) is 22.9 Å². The van der Waals surface area contributed by atoms with E-state index in [9.17, 15) is 4.79 Å². The zero-order valence-corrected chi connectivity index (χ0v) is 8.97. The molecular formula is C9H14N6O. The number of rotatable bonds is 4. The smallest absolute Gasteiger partial charge is 0.348 e. The second kappa shape index (κ2) is 4.31. The van der Waals surface area contributed by atoms with Gasteiger partial charge in [-0.25, -0.2) is 19.3 Å². The van der Waals surface area contributed by atoms with E-state index >= 15 is 0 Å². The lowest BCUT2D eigenvalue weighted by molar-refractivity contribution is 0.713. The fourth-order valence-corrected chi connectivity index (χ4v) is 1.46. The molecule has 0 saturated heterocycles. The average Bonchev–Trinajstić information content (AvgIpc) is 2.60. The summed E-state index contributed by atoms with van der Waals surface area (Å²) in [7, 11) is 0. The number of aromatic amines is 1. The lowest BCUT2D eigenvalue weighted by Gasteiger charge is -2.12. The molecule has 0 aliphatic rings. The molecule has 0 spiro atoms. The van der Waals surface area contributed by atoms with Gasteiger partial charge in [-0.1, -0.05) is 0 Å². The number of nitrogens with zero attached hydrogens (tertiary/aromatic N) is 3. The van der Waals surface area contributed by atoms with E-state index in [-0.39, 0.29) is 11.7 Å². The molecule has 0 saturated carbocycles. The molecule has 2 rings (SSSR count). The number of fused-ring (bicyclic) bond motifs is 1. The number of nitrogens with two attached hydrogens (primary N) is 1. The van der Waals surface area contributed by atoms with Crippen LogP contribution in [0.15, 0.2) is 17.2 Å². The highest BCUT2D eigenvalue weighted by molar-refractivity contribution is 5.48. The summed E-state index contributed by atoms with van der Waals surface area (Å²) in [5.41, 5.74) is 5.71. The van der Waals surface area contributed by atoms with Crippen LogP contribution in [0, 0.1) is 0 Å². The van der Waals surface area contributed by atoms with Crippen LogP contribution in [-0.4, -0.2) is 32.2 Å². The molecule has 86 valence electrons. The lowest BCUT2D eigenvalue weighted by atomic mass is 10.2. The summed E-state index contributed by atoms with van der Waals surface area (Å²) in [6, 6.07) is 1.95. The number of aromatic nitrogens is 4. The molecule has 2 aromatic heterocycles. The largest absolute Gasteiger partial charge is 0.367 e. The maximum atomic E-state index is 11.2. The molecule has 0 radical (unpaired) electrons. The van der Waals surface area contributed by atoms with Crippen molar-refractivity contribution >= 4 is 11.5 Å². The molecular weight excluding hydrogens is 208 g/mol. The molecule has 0 aliphatic heterocycles. The minimum absolute atomic E-state index is 0.241. The maximum absolute atomic E-state index is 11.2. The lowest BCUT2D eigenvalue weighted by Crippen LogP contribution is -2.20. The SMILES string of the molecule is CC(CCN)Nc1cc2n[nH]c(=O)n2cn1. The normalized spacial score (nSPS) is 12.9. The standard InChI is InChI=1S/C9H14N6O/c1-6(2-3-10)12-7-4-8-13-14-9(16)15(8)5-11-7/h4-6,12H,2-3,10H2,1H3,(H,14,16). The summed E-state index contributed by atoms with van der Waals surface area (Å²) in [5, 5.41) is 9.39. The Hall–Kier alpha value is -1.89. The van der Waals surface area contributed by atoms with E-state index in [1.54, 1.807) is 6.07 Å². The van der Waals surface area contributed by atoms with Gasteiger partial charge in [0, 0.05) is 12.1 Å². The van der Waals surface area contributed by atoms with E-state index < -0.39 is 0 Å². The van der Waals surface area contributed by atoms with Crippen LogP contribution in [0.2, 0.25) is 0 Å². The van der Waals surface area contributed by atoms with Crippen molar-refractivity contribution in [3.8, 4) is 0 Å². The third-order valence-electron chi connectivity index (χ3n) is 2.30. The quantitative estimate of drug-likeness (QED) is 0.651. The highest BCUT2D eigenvalue weighted by Gasteiger charge is 2.04. The van der Waals surface area contributed by atoms with Gasteiger partial charge in [0.15, 0.2) is 5.65 Å². The number of hydrogen-bond acceptors (Lipinski definition) is 5. The molecule has 2 heterocycles. The van der Waals surface area contributed by atoms with Gasteiger partial charge in [-0.15, -0.1) is 0 Å². The van der Waals surface area contributed by atoms with Gasteiger partial charge in [-0.2, -0.15) is 5.10 Å². The van der Waals surface area contributed by atoms with Gasteiger partial charge in [0.05, 0.1) is 0 Å². The minimum Gasteiger partial charge on any atom is -0.367 e. The summed E-state index contributed by atoms with van der Waals surface area (Å²) in [6.45, 7) is 2.65. The van der Waals surface area contributed by atoms with Gasteiger partial charge in [0.1, 0.15) is 12.1 Å². The zero-order valence-electron chi connectivity index (χ0n) is 8.97. The van der Waals surface area contributed by atoms with E-state index in [2.05, 4.69) is 20.5 Å². The van der Waals surface area contributed by atoms with Crippen LogP contribution in [0.4, 0.5) is 5.82 Å². The highest BCUT2D eigenvalue weighted by atomic mass is 16.1. The Morgan fingerprint density at radius 3 is 3.25 bits per heavy atom. The van der Waals surface area contributed by atoms with Gasteiger partial charge < -0.3 is 11.1 Å². The molecule has 0 bridgehead atoms. The van der Waals surface area contributed by atoms with Gasteiger partial charge in [0.25, 0.3) is 0 Å². The Bertz CT molecular complexity index is 530. The van der Waals surface area contributed by atoms with Crippen molar-refractivity contribution in [3.63, 3.8) is 0 Å². The first-order valence-electron chi connectivity index (χ1n) is 5.10. The van der Waals surface area contributed by atoms with Crippen molar-refractivity contribution in [2.24, 2.45) is 5.73 Å². The van der Waals surface area contributed by atoms with E-state index in [0.29, 0.717) is 18.0 Å². The summed E-state index contributed by atoms with van der Waals surface area (Å²) < 4.78 is 1.35. The van der Waals surface area contributed by atoms with Crippen LogP contribution in [0.5, 0.6) is 0 Å². The molecule has 2 aromatic rings. The zero-order chi connectivity index (χ0) is 11.5. The van der Waals surface area contributed by atoms with Crippen molar-refractivity contribution in [1.82, 2.24) is 19.6 Å². The molecule has 1 atom stereocenters. The minimum atomic E-state index is -0.288. The summed E-state index contributed by atoms with van der Waals surface area (Å²) in [6.07, 6.45) is 2.30. The second-order valence-electron chi connectivity index (χ2n) is 3.65. The molecule has 7 heteroatoms. The van der Waals surface area contributed by atoms with E-state index in [4.69, 9.17) is 5.73 Å². The first-order valence-corrected chi connectivity index (χ1v) is 5.10. The third kappa shape index (κ3) is 2.03. The fourth-order valence-electron chi connectivity index (χ4n) is 1.46.